The van der Waals surface area contributed by atoms with Gasteiger partial charge >= 0.3 is 0 Å². The number of hydrogen-bond donors (Lipinski definition) is 0. The highest BCUT2D eigenvalue weighted by Gasteiger charge is 2.30. The van der Waals surface area contributed by atoms with Crippen molar-refractivity contribution >= 4 is 21.2 Å². The fraction of sp³-hybridized carbons (Fsp3) is 0.294. The summed E-state index contributed by atoms with van der Waals surface area (Å²) in [5, 5.41) is 3.88. The van der Waals surface area contributed by atoms with Gasteiger partial charge in [0.2, 0.25) is 10.0 Å². The maximum atomic E-state index is 13.9. The molecule has 3 aromatic rings. The van der Waals surface area contributed by atoms with Crippen LogP contribution in [-0.2, 0) is 17.1 Å². The maximum absolute atomic E-state index is 13.9. The molecule has 0 aliphatic carbocycles. The number of hydrogen-bond acceptors (Lipinski definition) is 5. The molecule has 8 nitrogen and oxygen atoms in total. The molecule has 142 valence electrons. The van der Waals surface area contributed by atoms with Crippen molar-refractivity contribution in [3.63, 3.8) is 0 Å². The predicted octanol–water partition coefficient (Wildman–Crippen LogP) is 0.683. The molecule has 1 fully saturated rings. The van der Waals surface area contributed by atoms with Crippen molar-refractivity contribution in [2.45, 2.75) is 4.90 Å². The molecule has 0 amide bonds. The molecule has 0 unspecified atom stereocenters. The molecule has 0 bridgehead atoms. The fourth-order valence-electron chi connectivity index (χ4n) is 3.24. The van der Waals surface area contributed by atoms with Gasteiger partial charge in [-0.15, -0.1) is 0 Å². The Morgan fingerprint density at radius 1 is 1.11 bits per heavy atom. The lowest BCUT2D eigenvalue weighted by Crippen LogP contribution is -2.48. The highest BCUT2D eigenvalue weighted by Crippen LogP contribution is 2.23. The van der Waals surface area contributed by atoms with Gasteiger partial charge < -0.3 is 4.90 Å². The van der Waals surface area contributed by atoms with E-state index < -0.39 is 10.0 Å². The lowest BCUT2D eigenvalue weighted by Gasteiger charge is -2.35. The molecule has 3 heterocycles. The zero-order chi connectivity index (χ0) is 19.2. The summed E-state index contributed by atoms with van der Waals surface area (Å²) in [6.45, 7) is 1.24. The molecule has 0 saturated carbocycles. The van der Waals surface area contributed by atoms with Gasteiger partial charge in [0, 0.05) is 39.4 Å². The summed E-state index contributed by atoms with van der Waals surface area (Å²) in [4.78, 5) is 14.0. The summed E-state index contributed by atoms with van der Waals surface area (Å²) in [7, 11) is -2.25. The van der Waals surface area contributed by atoms with Crippen molar-refractivity contribution in [3.8, 4) is 0 Å². The first kappa shape index (κ1) is 17.7. The zero-order valence-electron chi connectivity index (χ0n) is 14.6. The second kappa shape index (κ2) is 6.46. The molecule has 0 N–H and O–H groups in total. The molecule has 0 spiro atoms. The SMILES string of the molecule is Cn1ncn2cc(S(=O)(=O)N3CCN(c4ccccc4F)CC3)cc2c1=O. The van der Waals surface area contributed by atoms with Gasteiger partial charge in [0.25, 0.3) is 5.56 Å². The van der Waals surface area contributed by atoms with Crippen LogP contribution in [0.15, 0.2) is 52.5 Å². The number of benzene rings is 1. The van der Waals surface area contributed by atoms with Crippen molar-refractivity contribution in [1.29, 1.82) is 0 Å². The predicted molar refractivity (Wildman–Crippen MR) is 97.8 cm³/mol. The van der Waals surface area contributed by atoms with Crippen LogP contribution in [0.4, 0.5) is 10.1 Å². The molecule has 0 radical (unpaired) electrons. The first-order valence-electron chi connectivity index (χ1n) is 8.41. The van der Waals surface area contributed by atoms with E-state index in [4.69, 9.17) is 0 Å². The molecule has 1 aliphatic heterocycles. The van der Waals surface area contributed by atoms with E-state index in [2.05, 4.69) is 5.10 Å². The van der Waals surface area contributed by atoms with E-state index in [9.17, 15) is 17.6 Å². The van der Waals surface area contributed by atoms with Crippen LogP contribution in [0.3, 0.4) is 0 Å². The van der Waals surface area contributed by atoms with Gasteiger partial charge in [-0.1, -0.05) is 12.1 Å². The third kappa shape index (κ3) is 3.00. The Morgan fingerprint density at radius 2 is 1.81 bits per heavy atom. The molecular weight excluding hydrogens is 373 g/mol. The summed E-state index contributed by atoms with van der Waals surface area (Å²) in [5.74, 6) is -0.323. The van der Waals surface area contributed by atoms with Crippen LogP contribution in [-0.4, -0.2) is 53.1 Å². The molecular formula is C17H18FN5O3S. The van der Waals surface area contributed by atoms with Crippen molar-refractivity contribution < 1.29 is 12.8 Å². The minimum Gasteiger partial charge on any atom is -0.367 e. The Hall–Kier alpha value is -2.72. The van der Waals surface area contributed by atoms with Crippen molar-refractivity contribution in [3.05, 3.63) is 59.0 Å². The lowest BCUT2D eigenvalue weighted by molar-refractivity contribution is 0.383. The van der Waals surface area contributed by atoms with Crippen LogP contribution in [0.5, 0.6) is 0 Å². The van der Waals surface area contributed by atoms with Gasteiger partial charge in [-0.25, -0.2) is 17.5 Å². The van der Waals surface area contributed by atoms with E-state index in [1.165, 1.54) is 40.4 Å². The molecule has 2 aromatic heterocycles. The quantitative estimate of drug-likeness (QED) is 0.656. The van der Waals surface area contributed by atoms with E-state index in [0.29, 0.717) is 18.8 Å². The van der Waals surface area contributed by atoms with Gasteiger partial charge in [-0.2, -0.15) is 9.40 Å². The largest absolute Gasteiger partial charge is 0.367 e. The number of aromatic nitrogens is 3. The number of piperazine rings is 1. The average Bonchev–Trinajstić information content (AvgIpc) is 3.11. The van der Waals surface area contributed by atoms with Crippen LogP contribution in [0, 0.1) is 5.82 Å². The molecule has 4 rings (SSSR count). The zero-order valence-corrected chi connectivity index (χ0v) is 15.4. The molecule has 10 heteroatoms. The summed E-state index contributed by atoms with van der Waals surface area (Å²) in [6, 6.07) is 7.81. The monoisotopic (exact) mass is 391 g/mol. The van der Waals surface area contributed by atoms with E-state index in [1.807, 2.05) is 4.90 Å². The van der Waals surface area contributed by atoms with Crippen molar-refractivity contribution in [2.24, 2.45) is 7.05 Å². The van der Waals surface area contributed by atoms with Crippen LogP contribution in [0.2, 0.25) is 0 Å². The van der Waals surface area contributed by atoms with Gasteiger partial charge in [0.15, 0.2) is 0 Å². The Bertz CT molecular complexity index is 1160. The van der Waals surface area contributed by atoms with E-state index >= 15 is 0 Å². The molecule has 0 atom stereocenters. The summed E-state index contributed by atoms with van der Waals surface area (Å²) in [6.07, 6.45) is 2.79. The Morgan fingerprint density at radius 3 is 2.52 bits per heavy atom. The Kier molecular flexibility index (Phi) is 4.23. The van der Waals surface area contributed by atoms with E-state index in [-0.39, 0.29) is 34.9 Å². The normalized spacial score (nSPS) is 16.1. The Balaban J connectivity index is 1.58. The van der Waals surface area contributed by atoms with E-state index in [0.717, 1.165) is 4.68 Å². The number of nitrogens with zero attached hydrogens (tertiary/aromatic N) is 5. The van der Waals surface area contributed by atoms with Crippen molar-refractivity contribution in [1.82, 2.24) is 18.5 Å². The van der Waals surface area contributed by atoms with E-state index in [1.54, 1.807) is 18.2 Å². The molecule has 1 aromatic carbocycles. The molecule has 1 saturated heterocycles. The summed E-state index contributed by atoms with van der Waals surface area (Å²) >= 11 is 0. The summed E-state index contributed by atoms with van der Waals surface area (Å²) in [5.41, 5.74) is 0.345. The minimum absolute atomic E-state index is 0.0481. The third-order valence-corrected chi connectivity index (χ3v) is 6.62. The highest BCUT2D eigenvalue weighted by molar-refractivity contribution is 7.89. The second-order valence-electron chi connectivity index (χ2n) is 6.37. The fourth-order valence-corrected chi connectivity index (χ4v) is 4.69. The lowest BCUT2D eigenvalue weighted by atomic mass is 10.2. The number of fused-ring (bicyclic) bond motifs is 1. The number of aryl methyl sites for hydroxylation is 1. The van der Waals surface area contributed by atoms with Gasteiger partial charge in [0.1, 0.15) is 22.6 Å². The number of anilines is 1. The van der Waals surface area contributed by atoms with Crippen molar-refractivity contribution in [2.75, 3.05) is 31.1 Å². The first-order valence-corrected chi connectivity index (χ1v) is 9.85. The molecule has 27 heavy (non-hydrogen) atoms. The first-order chi connectivity index (χ1) is 12.9. The second-order valence-corrected chi connectivity index (χ2v) is 8.31. The average molecular weight is 391 g/mol. The highest BCUT2D eigenvalue weighted by atomic mass is 32.2. The minimum atomic E-state index is -3.75. The summed E-state index contributed by atoms with van der Waals surface area (Å²) < 4.78 is 43.8. The Labute approximate surface area is 155 Å². The number of sulfonamides is 1. The maximum Gasteiger partial charge on any atom is 0.290 e. The van der Waals surface area contributed by atoms with Crippen LogP contribution < -0.4 is 10.5 Å². The van der Waals surface area contributed by atoms with Gasteiger partial charge in [0.05, 0.1) is 5.69 Å². The number of halogens is 1. The number of para-hydroxylation sites is 1. The standard InChI is InChI=1S/C17H18FN5O3S/c1-20-17(24)16-10-13(11-22(16)12-19-20)27(25,26)23-8-6-21(7-9-23)15-5-3-2-4-14(15)18/h2-5,10-12H,6-9H2,1H3. The van der Waals surface area contributed by atoms with Crippen LogP contribution in [0.25, 0.3) is 5.52 Å². The van der Waals surface area contributed by atoms with Gasteiger partial charge in [-0.05, 0) is 18.2 Å². The molecule has 1 aliphatic rings. The topological polar surface area (TPSA) is 79.9 Å². The van der Waals surface area contributed by atoms with Crippen LogP contribution in [0.1, 0.15) is 0 Å². The smallest absolute Gasteiger partial charge is 0.290 e. The number of rotatable bonds is 3. The third-order valence-electron chi connectivity index (χ3n) is 4.76. The van der Waals surface area contributed by atoms with Gasteiger partial charge in [-0.3, -0.25) is 9.20 Å². The van der Waals surface area contributed by atoms with Crippen LogP contribution >= 0.6 is 0 Å².